The molecule has 0 aliphatic heterocycles. The third kappa shape index (κ3) is 3.36. The minimum absolute atomic E-state index is 0.0582. The molecule has 0 aromatic heterocycles. The van der Waals surface area contributed by atoms with Gasteiger partial charge in [-0.3, -0.25) is 0 Å². The normalized spacial score (nSPS) is 38.6. The minimum atomic E-state index is -0.0582. The van der Waals surface area contributed by atoms with Crippen LogP contribution in [0, 0.1) is 40.4 Å². The summed E-state index contributed by atoms with van der Waals surface area (Å²) >= 11 is 2.44. The summed E-state index contributed by atoms with van der Waals surface area (Å²) in [6.45, 7) is 12.6. The van der Waals surface area contributed by atoms with E-state index < -0.39 is 0 Å². The Morgan fingerprint density at radius 1 is 1.25 bits per heavy atom. The van der Waals surface area contributed by atoms with Crippen molar-refractivity contribution < 1.29 is 4.74 Å². The smallest absolute Gasteiger partial charge is 0.0685 e. The fraction of sp³-hybridized carbons (Fsp3) is 0.800. The number of fused-ring (bicyclic) bond motifs is 3. The van der Waals surface area contributed by atoms with Gasteiger partial charge >= 0.3 is 0 Å². The van der Waals surface area contributed by atoms with Crippen LogP contribution in [0.5, 0.6) is 0 Å². The maximum atomic E-state index is 8.16. The van der Waals surface area contributed by atoms with Crippen molar-refractivity contribution in [3.63, 3.8) is 0 Å². The molecule has 0 bridgehead atoms. The van der Waals surface area contributed by atoms with Crippen LogP contribution in [-0.2, 0) is 4.74 Å². The van der Waals surface area contributed by atoms with Gasteiger partial charge in [-0.05, 0) is 106 Å². The van der Waals surface area contributed by atoms with E-state index in [0.29, 0.717) is 11.3 Å². The van der Waals surface area contributed by atoms with Crippen molar-refractivity contribution in [1.82, 2.24) is 0 Å². The van der Waals surface area contributed by atoms with Crippen molar-refractivity contribution in [3.8, 4) is 0 Å². The second kappa shape index (κ2) is 7.83. The topological polar surface area (TPSA) is 33.1 Å². The first-order valence-electron chi connectivity index (χ1n) is 11.5. The maximum absolute atomic E-state index is 8.16. The lowest BCUT2D eigenvalue weighted by molar-refractivity contribution is -0.180. The van der Waals surface area contributed by atoms with Crippen molar-refractivity contribution in [2.45, 2.75) is 77.7 Å². The summed E-state index contributed by atoms with van der Waals surface area (Å²) < 4.78 is 7.65. The summed E-state index contributed by atoms with van der Waals surface area (Å²) in [5, 5.41) is 8.16. The lowest BCUT2D eigenvalue weighted by Gasteiger charge is -2.61. The Balaban J connectivity index is 1.70. The summed E-state index contributed by atoms with van der Waals surface area (Å²) in [7, 11) is 0. The molecule has 5 unspecified atom stereocenters. The van der Waals surface area contributed by atoms with Gasteiger partial charge in [0.25, 0.3) is 0 Å². The maximum Gasteiger partial charge on any atom is 0.0685 e. The van der Waals surface area contributed by atoms with Gasteiger partial charge in [-0.2, -0.15) is 0 Å². The molecule has 4 aliphatic rings. The molecular formula is C25H38INO. The zero-order valence-corrected chi connectivity index (χ0v) is 20.2. The molecule has 3 saturated carbocycles. The standard InChI is InChI=1S/C25H38INO/c1-5-25(24(3,4)28-13-12-26)11-10-20-19-9-8-18(27)15-21(19)16(2)14-22(20)23(25)17-6-7-17/h15,17,19-20,22-23,27H,2,5-14H2,1,3-4H3. The van der Waals surface area contributed by atoms with Gasteiger partial charge in [0, 0.05) is 15.6 Å². The number of allylic oxidation sites excluding steroid dienone is 3. The molecule has 0 heterocycles. The van der Waals surface area contributed by atoms with Crippen LogP contribution in [0.1, 0.15) is 72.1 Å². The zero-order valence-electron chi connectivity index (χ0n) is 18.0. The molecule has 0 aromatic rings. The molecule has 156 valence electrons. The van der Waals surface area contributed by atoms with Crippen LogP contribution in [0.4, 0.5) is 0 Å². The highest BCUT2D eigenvalue weighted by Gasteiger charge is 2.61. The van der Waals surface area contributed by atoms with Crippen molar-refractivity contribution in [3.05, 3.63) is 23.8 Å². The number of nitrogens with one attached hydrogen (secondary N) is 1. The Hall–Kier alpha value is -0.160. The predicted octanol–water partition coefficient (Wildman–Crippen LogP) is 6.98. The predicted molar refractivity (Wildman–Crippen MR) is 126 cm³/mol. The fourth-order valence-corrected chi connectivity index (χ4v) is 7.76. The van der Waals surface area contributed by atoms with Gasteiger partial charge in [-0.15, -0.1) is 0 Å². The quantitative estimate of drug-likeness (QED) is 0.313. The number of hydrogen-bond acceptors (Lipinski definition) is 2. The second-order valence-electron chi connectivity index (χ2n) is 10.4. The highest BCUT2D eigenvalue weighted by Crippen LogP contribution is 2.66. The molecule has 0 saturated heterocycles. The van der Waals surface area contributed by atoms with Gasteiger partial charge in [0.15, 0.2) is 0 Å². The lowest BCUT2D eigenvalue weighted by atomic mass is 9.45. The summed E-state index contributed by atoms with van der Waals surface area (Å²) in [6, 6.07) is 0. The Morgan fingerprint density at radius 3 is 2.64 bits per heavy atom. The van der Waals surface area contributed by atoms with E-state index in [1.165, 1.54) is 49.7 Å². The molecule has 1 N–H and O–H groups in total. The number of alkyl halides is 1. The average Bonchev–Trinajstić information content (AvgIpc) is 3.50. The van der Waals surface area contributed by atoms with E-state index in [0.717, 1.165) is 53.3 Å². The summed E-state index contributed by atoms with van der Waals surface area (Å²) in [5.74, 6) is 3.91. The molecule has 4 aliphatic carbocycles. The number of hydrogen-bond donors (Lipinski definition) is 1. The molecule has 0 aromatic carbocycles. The summed E-state index contributed by atoms with van der Waals surface area (Å²) in [4.78, 5) is 0. The molecule has 3 fully saturated rings. The third-order valence-corrected chi connectivity index (χ3v) is 9.37. The molecule has 2 nitrogen and oxygen atoms in total. The van der Waals surface area contributed by atoms with Crippen molar-refractivity contribution in [2.24, 2.45) is 35.0 Å². The molecule has 5 atom stereocenters. The van der Waals surface area contributed by atoms with Crippen LogP contribution in [0.2, 0.25) is 0 Å². The van der Waals surface area contributed by atoms with Crippen LogP contribution >= 0.6 is 22.6 Å². The summed E-state index contributed by atoms with van der Waals surface area (Å²) in [5.41, 5.74) is 3.84. The van der Waals surface area contributed by atoms with Crippen molar-refractivity contribution in [1.29, 1.82) is 5.41 Å². The van der Waals surface area contributed by atoms with Crippen LogP contribution in [0.15, 0.2) is 23.8 Å². The first-order chi connectivity index (χ1) is 13.3. The third-order valence-electron chi connectivity index (χ3n) is 8.93. The van der Waals surface area contributed by atoms with Gasteiger partial charge in [0.05, 0.1) is 12.2 Å². The Labute approximate surface area is 185 Å². The molecule has 0 radical (unpaired) electrons. The van der Waals surface area contributed by atoms with Gasteiger partial charge in [0.2, 0.25) is 0 Å². The van der Waals surface area contributed by atoms with E-state index in [1.54, 1.807) is 0 Å². The highest BCUT2D eigenvalue weighted by atomic mass is 127. The number of rotatable bonds is 6. The monoisotopic (exact) mass is 495 g/mol. The highest BCUT2D eigenvalue weighted by molar-refractivity contribution is 14.1. The van der Waals surface area contributed by atoms with Gasteiger partial charge < -0.3 is 10.1 Å². The zero-order chi connectivity index (χ0) is 20.1. The van der Waals surface area contributed by atoms with Gasteiger partial charge in [0.1, 0.15) is 0 Å². The average molecular weight is 495 g/mol. The van der Waals surface area contributed by atoms with Gasteiger partial charge in [-0.1, -0.05) is 41.7 Å². The van der Waals surface area contributed by atoms with Crippen LogP contribution in [0.25, 0.3) is 0 Å². The molecular weight excluding hydrogens is 457 g/mol. The largest absolute Gasteiger partial charge is 0.374 e. The number of ether oxygens (including phenoxy) is 1. The second-order valence-corrected chi connectivity index (χ2v) is 11.4. The van der Waals surface area contributed by atoms with E-state index in [4.69, 9.17) is 10.1 Å². The molecule has 4 rings (SSSR count). The Bertz CT molecular complexity index is 676. The number of halogens is 1. The minimum Gasteiger partial charge on any atom is -0.374 e. The van der Waals surface area contributed by atoms with Gasteiger partial charge in [-0.25, -0.2) is 0 Å². The molecule has 28 heavy (non-hydrogen) atoms. The van der Waals surface area contributed by atoms with Crippen LogP contribution in [0.3, 0.4) is 0 Å². The van der Waals surface area contributed by atoms with Crippen LogP contribution < -0.4 is 0 Å². The Morgan fingerprint density at radius 2 is 2.00 bits per heavy atom. The van der Waals surface area contributed by atoms with E-state index >= 15 is 0 Å². The Kier molecular flexibility index (Phi) is 5.90. The fourth-order valence-electron chi connectivity index (χ4n) is 7.54. The van der Waals surface area contributed by atoms with Crippen molar-refractivity contribution >= 4 is 28.3 Å². The van der Waals surface area contributed by atoms with Crippen LogP contribution in [-0.4, -0.2) is 22.3 Å². The summed E-state index contributed by atoms with van der Waals surface area (Å²) in [6.07, 6.45) is 12.2. The molecule has 0 amide bonds. The molecule has 3 heteroatoms. The molecule has 0 spiro atoms. The first kappa shape index (κ1) is 21.1. The van der Waals surface area contributed by atoms with E-state index in [-0.39, 0.29) is 5.60 Å². The van der Waals surface area contributed by atoms with E-state index in [2.05, 4.69) is 56.0 Å². The SMILES string of the molecule is C=C1CC2C(CCC(CC)(C(C)(C)OCCI)C2C2CC2)C2CCC(=N)C=C12. The van der Waals surface area contributed by atoms with E-state index in [1.807, 2.05) is 0 Å². The first-order valence-corrected chi connectivity index (χ1v) is 13.0. The van der Waals surface area contributed by atoms with Crippen molar-refractivity contribution in [2.75, 3.05) is 11.0 Å². The van der Waals surface area contributed by atoms with E-state index in [9.17, 15) is 0 Å². The lowest BCUT2D eigenvalue weighted by Crippen LogP contribution is -2.58.